The topological polar surface area (TPSA) is 69.7 Å². The van der Waals surface area contributed by atoms with Gasteiger partial charge in [-0.05, 0) is 42.0 Å². The van der Waals surface area contributed by atoms with E-state index in [2.05, 4.69) is 0 Å². The maximum Gasteiger partial charge on any atom is 0.341 e. The lowest BCUT2D eigenvalue weighted by atomic mass is 10.2. The van der Waals surface area contributed by atoms with Gasteiger partial charge in [-0.25, -0.2) is 17.6 Å². The molecule has 0 aliphatic rings. The van der Waals surface area contributed by atoms with Crippen molar-refractivity contribution in [2.45, 2.75) is 17.3 Å². The highest BCUT2D eigenvalue weighted by molar-refractivity contribution is 7.91. The molecular weight excluding hydrogens is 361 g/mol. The number of carbonyl (C=O) groups excluding carboxylic acids is 1. The van der Waals surface area contributed by atoms with Gasteiger partial charge in [0.1, 0.15) is 6.61 Å². The number of methoxy groups -OCH3 is 1. The molecule has 0 aliphatic carbocycles. The van der Waals surface area contributed by atoms with Crippen molar-refractivity contribution < 1.29 is 35.9 Å². The molecule has 0 heterocycles. The minimum Gasteiger partial charge on any atom is -0.494 e. The van der Waals surface area contributed by atoms with E-state index < -0.39 is 32.3 Å². The number of alkyl halides is 2. The number of halogens is 3. The summed E-state index contributed by atoms with van der Waals surface area (Å²) in [6, 6.07) is 7.94. The van der Waals surface area contributed by atoms with Crippen LogP contribution in [0.15, 0.2) is 47.4 Å². The number of hydrogen-bond donors (Lipinski definition) is 0. The standard InChI is InChI=1S/C16H13F3O5S/c1-23-14-7-2-10(8-13(14)17)9-24-15(20)11-3-5-12(6-4-11)25(21,22)16(18)19/h2-8,16H,9H2,1H3. The quantitative estimate of drug-likeness (QED) is 0.727. The Morgan fingerprint density at radius 3 is 2.28 bits per heavy atom. The molecule has 0 saturated carbocycles. The molecule has 2 aromatic rings. The lowest BCUT2D eigenvalue weighted by molar-refractivity contribution is 0.0472. The van der Waals surface area contributed by atoms with Gasteiger partial charge in [0, 0.05) is 0 Å². The molecule has 0 aliphatic heterocycles. The number of carbonyl (C=O) groups is 1. The van der Waals surface area contributed by atoms with E-state index in [-0.39, 0.29) is 17.9 Å². The van der Waals surface area contributed by atoms with E-state index >= 15 is 0 Å². The summed E-state index contributed by atoms with van der Waals surface area (Å²) in [6.07, 6.45) is 0. The fourth-order valence-electron chi connectivity index (χ4n) is 1.92. The van der Waals surface area contributed by atoms with Crippen molar-refractivity contribution in [3.05, 3.63) is 59.4 Å². The molecule has 0 aromatic heterocycles. The summed E-state index contributed by atoms with van der Waals surface area (Å²) in [5.74, 6) is -4.92. The molecule has 2 aromatic carbocycles. The van der Waals surface area contributed by atoms with Crippen molar-refractivity contribution >= 4 is 15.8 Å². The molecule has 0 fully saturated rings. The van der Waals surface area contributed by atoms with Crippen LogP contribution >= 0.6 is 0 Å². The fraction of sp³-hybridized carbons (Fsp3) is 0.188. The first kappa shape index (κ1) is 18.8. The second-order valence-electron chi connectivity index (χ2n) is 4.88. The molecular formula is C16H13F3O5S. The molecule has 0 spiro atoms. The van der Waals surface area contributed by atoms with Crippen molar-refractivity contribution in [2.75, 3.05) is 7.11 Å². The van der Waals surface area contributed by atoms with Crippen LogP contribution in [-0.2, 0) is 21.2 Å². The third-order valence-corrected chi connectivity index (χ3v) is 4.64. The van der Waals surface area contributed by atoms with Crippen molar-refractivity contribution in [3.8, 4) is 5.75 Å². The predicted octanol–water partition coefficient (Wildman–Crippen LogP) is 3.19. The van der Waals surface area contributed by atoms with E-state index in [9.17, 15) is 26.4 Å². The van der Waals surface area contributed by atoms with Gasteiger partial charge in [0.25, 0.3) is 0 Å². The van der Waals surface area contributed by atoms with Crippen LogP contribution in [0.3, 0.4) is 0 Å². The maximum absolute atomic E-state index is 13.5. The normalized spacial score (nSPS) is 11.4. The highest BCUT2D eigenvalue weighted by Gasteiger charge is 2.26. The third kappa shape index (κ3) is 4.30. The van der Waals surface area contributed by atoms with E-state index in [1.165, 1.54) is 19.2 Å². The second kappa shape index (κ2) is 7.56. The molecule has 0 amide bonds. The van der Waals surface area contributed by atoms with Gasteiger partial charge in [-0.3, -0.25) is 0 Å². The van der Waals surface area contributed by atoms with Gasteiger partial charge >= 0.3 is 11.7 Å². The van der Waals surface area contributed by atoms with Crippen LogP contribution in [0.4, 0.5) is 13.2 Å². The fourth-order valence-corrected chi connectivity index (χ4v) is 2.64. The smallest absolute Gasteiger partial charge is 0.341 e. The first-order valence-electron chi connectivity index (χ1n) is 6.87. The average Bonchev–Trinajstić information content (AvgIpc) is 2.59. The first-order valence-corrected chi connectivity index (χ1v) is 8.42. The Morgan fingerprint density at radius 1 is 1.12 bits per heavy atom. The first-order chi connectivity index (χ1) is 11.8. The molecule has 0 saturated heterocycles. The lowest BCUT2D eigenvalue weighted by Gasteiger charge is -2.08. The summed E-state index contributed by atoms with van der Waals surface area (Å²) in [4.78, 5) is 11.3. The van der Waals surface area contributed by atoms with Crippen LogP contribution in [0, 0.1) is 5.82 Å². The molecule has 0 atom stereocenters. The average molecular weight is 374 g/mol. The molecule has 0 N–H and O–H groups in total. The zero-order valence-electron chi connectivity index (χ0n) is 12.9. The predicted molar refractivity (Wildman–Crippen MR) is 81.7 cm³/mol. The summed E-state index contributed by atoms with van der Waals surface area (Å²) >= 11 is 0. The summed E-state index contributed by atoms with van der Waals surface area (Å²) in [5.41, 5.74) is 0.353. The van der Waals surface area contributed by atoms with E-state index in [1.54, 1.807) is 0 Å². The van der Waals surface area contributed by atoms with Crippen LogP contribution < -0.4 is 4.74 Å². The Bertz CT molecular complexity index is 864. The Hall–Kier alpha value is -2.55. The molecule has 0 bridgehead atoms. The Balaban J connectivity index is 2.05. The van der Waals surface area contributed by atoms with Crippen LogP contribution in [0.25, 0.3) is 0 Å². The maximum atomic E-state index is 13.5. The highest BCUT2D eigenvalue weighted by atomic mass is 32.2. The van der Waals surface area contributed by atoms with Gasteiger partial charge < -0.3 is 9.47 Å². The van der Waals surface area contributed by atoms with Gasteiger partial charge in [0.2, 0.25) is 9.84 Å². The molecule has 25 heavy (non-hydrogen) atoms. The summed E-state index contributed by atoms with van der Waals surface area (Å²) in [5, 5.41) is 0. The van der Waals surface area contributed by atoms with Crippen molar-refractivity contribution in [1.82, 2.24) is 0 Å². The van der Waals surface area contributed by atoms with Crippen LogP contribution in [0.2, 0.25) is 0 Å². The number of sulfone groups is 1. The monoisotopic (exact) mass is 374 g/mol. The molecule has 2 rings (SSSR count). The van der Waals surface area contributed by atoms with Crippen LogP contribution in [0.1, 0.15) is 15.9 Å². The molecule has 5 nitrogen and oxygen atoms in total. The Morgan fingerprint density at radius 2 is 1.76 bits per heavy atom. The third-order valence-electron chi connectivity index (χ3n) is 3.24. The second-order valence-corrected chi connectivity index (χ2v) is 6.79. The van der Waals surface area contributed by atoms with E-state index in [4.69, 9.17) is 9.47 Å². The van der Waals surface area contributed by atoms with Crippen LogP contribution in [0.5, 0.6) is 5.75 Å². The number of ether oxygens (including phenoxy) is 2. The van der Waals surface area contributed by atoms with E-state index in [0.29, 0.717) is 5.56 Å². The Kier molecular flexibility index (Phi) is 5.68. The van der Waals surface area contributed by atoms with E-state index in [0.717, 1.165) is 30.3 Å². The molecule has 0 radical (unpaired) electrons. The van der Waals surface area contributed by atoms with Gasteiger partial charge in [-0.2, -0.15) is 8.78 Å². The van der Waals surface area contributed by atoms with Crippen molar-refractivity contribution in [1.29, 1.82) is 0 Å². The minimum absolute atomic E-state index is 0.0257. The zero-order valence-corrected chi connectivity index (χ0v) is 13.7. The molecule has 9 heteroatoms. The summed E-state index contributed by atoms with van der Waals surface area (Å²) in [7, 11) is -3.41. The molecule has 134 valence electrons. The summed E-state index contributed by atoms with van der Waals surface area (Å²) < 4.78 is 70.7. The Labute approximate surface area is 141 Å². The van der Waals surface area contributed by atoms with Crippen molar-refractivity contribution in [3.63, 3.8) is 0 Å². The van der Waals surface area contributed by atoms with Gasteiger partial charge in [0.05, 0.1) is 17.6 Å². The summed E-state index contributed by atoms with van der Waals surface area (Å²) in [6.45, 7) is -0.225. The van der Waals surface area contributed by atoms with E-state index in [1.807, 2.05) is 0 Å². The van der Waals surface area contributed by atoms with Crippen molar-refractivity contribution in [2.24, 2.45) is 0 Å². The highest BCUT2D eigenvalue weighted by Crippen LogP contribution is 2.20. The number of esters is 1. The minimum atomic E-state index is -4.73. The number of hydrogen-bond acceptors (Lipinski definition) is 5. The van der Waals surface area contributed by atoms with Gasteiger partial charge in [-0.15, -0.1) is 0 Å². The SMILES string of the molecule is COc1ccc(COC(=O)c2ccc(S(=O)(=O)C(F)F)cc2)cc1F. The lowest BCUT2D eigenvalue weighted by Crippen LogP contribution is -2.12. The van der Waals surface area contributed by atoms with Crippen LogP contribution in [-0.4, -0.2) is 27.3 Å². The largest absolute Gasteiger partial charge is 0.494 e. The van der Waals surface area contributed by atoms with Gasteiger partial charge in [0.15, 0.2) is 11.6 Å². The zero-order chi connectivity index (χ0) is 18.6. The number of benzene rings is 2. The van der Waals surface area contributed by atoms with Gasteiger partial charge in [-0.1, -0.05) is 6.07 Å². The molecule has 0 unspecified atom stereocenters. The number of rotatable bonds is 6.